The lowest BCUT2D eigenvalue weighted by molar-refractivity contribution is -0.119. The van der Waals surface area contributed by atoms with Crippen LogP contribution in [0.3, 0.4) is 0 Å². The van der Waals surface area contributed by atoms with Crippen molar-refractivity contribution >= 4 is 17.5 Å². The minimum Gasteiger partial charge on any atom is -0.471 e. The van der Waals surface area contributed by atoms with Crippen LogP contribution in [-0.4, -0.2) is 15.5 Å². The van der Waals surface area contributed by atoms with E-state index in [-0.39, 0.29) is 28.9 Å². The maximum Gasteiger partial charge on any atom is 0.276 e. The Morgan fingerprint density at radius 3 is 2.58 bits per heavy atom. The predicted octanol–water partition coefficient (Wildman–Crippen LogP) is 1.82. The van der Waals surface area contributed by atoms with Crippen LogP contribution in [0.1, 0.15) is 37.3 Å². The number of nitrogens with two attached hydrogens (primary N) is 2. The first-order chi connectivity index (χ1) is 12.1. The van der Waals surface area contributed by atoms with E-state index in [1.807, 2.05) is 0 Å². The lowest BCUT2D eigenvalue weighted by atomic mass is 10.2. The summed E-state index contributed by atoms with van der Waals surface area (Å²) in [5, 5.41) is -0.360. The smallest absolute Gasteiger partial charge is 0.276 e. The number of hydrogen-bond donors (Lipinski definition) is 2. The fourth-order valence-electron chi connectivity index (χ4n) is 2.23. The molecule has 140 valence electrons. The first kappa shape index (κ1) is 19.8. The van der Waals surface area contributed by atoms with E-state index in [0.29, 0.717) is 6.07 Å². The number of ether oxygens (including phenoxy) is 1. The number of hydrogen-bond acceptors (Lipinski definition) is 5. The minimum absolute atomic E-state index is 0.0260. The van der Waals surface area contributed by atoms with Gasteiger partial charge in [0.15, 0.2) is 5.02 Å². The molecule has 26 heavy (non-hydrogen) atoms. The third-order valence-corrected chi connectivity index (χ3v) is 3.86. The largest absolute Gasteiger partial charge is 0.471 e. The SMILES string of the molecule is CC(C)n1c(C(N)C(N)=O)nc(OCc2ccc(F)cc2F)c(Cl)c1=O. The summed E-state index contributed by atoms with van der Waals surface area (Å²) in [6.07, 6.45) is 0. The summed E-state index contributed by atoms with van der Waals surface area (Å²) in [7, 11) is 0. The van der Waals surface area contributed by atoms with Crippen molar-refractivity contribution < 1.29 is 18.3 Å². The van der Waals surface area contributed by atoms with Gasteiger partial charge in [-0.25, -0.2) is 8.78 Å². The van der Waals surface area contributed by atoms with Crippen LogP contribution < -0.4 is 21.8 Å². The van der Waals surface area contributed by atoms with Crippen LogP contribution in [0.2, 0.25) is 5.02 Å². The zero-order chi connectivity index (χ0) is 19.6. The zero-order valence-electron chi connectivity index (χ0n) is 14.0. The molecule has 0 aliphatic rings. The molecule has 0 saturated heterocycles. The summed E-state index contributed by atoms with van der Waals surface area (Å²) in [4.78, 5) is 27.9. The van der Waals surface area contributed by atoms with Gasteiger partial charge in [0.05, 0.1) is 0 Å². The van der Waals surface area contributed by atoms with E-state index in [0.717, 1.165) is 10.6 Å². The Morgan fingerprint density at radius 1 is 1.38 bits per heavy atom. The summed E-state index contributed by atoms with van der Waals surface area (Å²) >= 11 is 6.00. The zero-order valence-corrected chi connectivity index (χ0v) is 14.8. The highest BCUT2D eigenvalue weighted by Gasteiger charge is 2.25. The number of nitrogens with zero attached hydrogens (tertiary/aromatic N) is 2. The highest BCUT2D eigenvalue weighted by molar-refractivity contribution is 6.31. The molecule has 4 N–H and O–H groups in total. The van der Waals surface area contributed by atoms with E-state index in [9.17, 15) is 18.4 Å². The molecule has 0 bridgehead atoms. The van der Waals surface area contributed by atoms with Crippen LogP contribution in [0.25, 0.3) is 0 Å². The summed E-state index contributed by atoms with van der Waals surface area (Å²) in [6, 6.07) is 1.16. The van der Waals surface area contributed by atoms with Crippen LogP contribution in [-0.2, 0) is 11.4 Å². The summed E-state index contributed by atoms with van der Waals surface area (Å²) < 4.78 is 33.1. The Kier molecular flexibility index (Phi) is 5.94. The molecule has 1 aromatic carbocycles. The summed E-state index contributed by atoms with van der Waals surface area (Å²) in [5.41, 5.74) is 10.3. The maximum atomic E-state index is 13.7. The molecule has 0 fully saturated rings. The molecule has 10 heteroatoms. The Morgan fingerprint density at radius 2 is 2.04 bits per heavy atom. The van der Waals surface area contributed by atoms with Crippen molar-refractivity contribution in [3.8, 4) is 5.88 Å². The number of rotatable bonds is 6. The topological polar surface area (TPSA) is 113 Å². The van der Waals surface area contributed by atoms with Crippen molar-refractivity contribution in [2.45, 2.75) is 32.5 Å². The summed E-state index contributed by atoms with van der Waals surface area (Å²) in [6.45, 7) is 2.98. The number of halogens is 3. The van der Waals surface area contributed by atoms with Gasteiger partial charge in [-0.05, 0) is 26.0 Å². The molecule has 2 rings (SSSR count). The van der Waals surface area contributed by atoms with Gasteiger partial charge in [-0.2, -0.15) is 4.98 Å². The second-order valence-electron chi connectivity index (χ2n) is 5.76. The maximum absolute atomic E-state index is 13.7. The number of aromatic nitrogens is 2. The van der Waals surface area contributed by atoms with Crippen molar-refractivity contribution in [2.24, 2.45) is 11.5 Å². The van der Waals surface area contributed by atoms with Crippen LogP contribution in [0, 0.1) is 11.6 Å². The van der Waals surface area contributed by atoms with Crippen LogP contribution in [0.15, 0.2) is 23.0 Å². The van der Waals surface area contributed by atoms with Gasteiger partial charge in [0.25, 0.3) is 5.56 Å². The Labute approximate surface area is 152 Å². The average Bonchev–Trinajstić information content (AvgIpc) is 2.56. The van der Waals surface area contributed by atoms with Crippen LogP contribution in [0.5, 0.6) is 5.88 Å². The number of benzene rings is 1. The normalized spacial score (nSPS) is 12.3. The van der Waals surface area contributed by atoms with Crippen molar-refractivity contribution in [3.63, 3.8) is 0 Å². The molecule has 0 saturated carbocycles. The molecule has 7 nitrogen and oxygen atoms in total. The van der Waals surface area contributed by atoms with Crippen LogP contribution >= 0.6 is 11.6 Å². The molecule has 2 aromatic rings. The second kappa shape index (κ2) is 7.79. The monoisotopic (exact) mass is 386 g/mol. The van der Waals surface area contributed by atoms with Crippen molar-refractivity contribution in [1.82, 2.24) is 9.55 Å². The van der Waals surface area contributed by atoms with Gasteiger partial charge >= 0.3 is 0 Å². The lowest BCUT2D eigenvalue weighted by Gasteiger charge is -2.20. The van der Waals surface area contributed by atoms with Gasteiger partial charge in [0.1, 0.15) is 30.1 Å². The highest BCUT2D eigenvalue weighted by atomic mass is 35.5. The fraction of sp³-hybridized carbons (Fsp3) is 0.312. The van der Waals surface area contributed by atoms with Gasteiger partial charge in [0, 0.05) is 17.7 Å². The van der Waals surface area contributed by atoms with Gasteiger partial charge in [-0.15, -0.1) is 0 Å². The third-order valence-electron chi connectivity index (χ3n) is 3.54. The minimum atomic E-state index is -1.37. The van der Waals surface area contributed by atoms with E-state index in [2.05, 4.69) is 4.98 Å². The Hall–Kier alpha value is -2.52. The van der Waals surface area contributed by atoms with Crippen molar-refractivity contribution in [2.75, 3.05) is 0 Å². The molecule has 1 amide bonds. The van der Waals surface area contributed by atoms with E-state index in [1.165, 1.54) is 6.07 Å². The number of amides is 1. The molecule has 0 aliphatic heterocycles. The summed E-state index contributed by atoms with van der Waals surface area (Å²) in [5.74, 6) is -2.92. The quantitative estimate of drug-likeness (QED) is 0.786. The first-order valence-electron chi connectivity index (χ1n) is 7.57. The van der Waals surface area contributed by atoms with E-state index >= 15 is 0 Å². The third kappa shape index (κ3) is 4.00. The van der Waals surface area contributed by atoms with Gasteiger partial charge in [0.2, 0.25) is 11.8 Å². The standard InChI is InChI=1S/C16H17ClF2N4O3/c1-7(2)23-14(12(20)13(21)24)22-15(11(17)16(23)25)26-6-8-3-4-9(18)5-10(8)19/h3-5,7,12H,6,20H2,1-2H3,(H2,21,24). The molecular weight excluding hydrogens is 370 g/mol. The van der Waals surface area contributed by atoms with E-state index in [4.69, 9.17) is 27.8 Å². The van der Waals surface area contributed by atoms with Gasteiger partial charge in [-0.3, -0.25) is 14.2 Å². The fourth-order valence-corrected chi connectivity index (χ4v) is 2.42. The Bertz CT molecular complexity index is 902. The molecule has 1 heterocycles. The molecule has 1 unspecified atom stereocenters. The molecule has 1 aromatic heterocycles. The molecule has 0 spiro atoms. The Balaban J connectivity index is 2.45. The van der Waals surface area contributed by atoms with Crippen molar-refractivity contribution in [3.05, 3.63) is 56.6 Å². The lowest BCUT2D eigenvalue weighted by Crippen LogP contribution is -2.37. The molecule has 1 atom stereocenters. The van der Waals surface area contributed by atoms with Crippen molar-refractivity contribution in [1.29, 1.82) is 0 Å². The van der Waals surface area contributed by atoms with E-state index < -0.39 is 35.2 Å². The molecule has 0 aliphatic carbocycles. The first-order valence-corrected chi connectivity index (χ1v) is 7.94. The molecular formula is C16H17ClF2N4O3. The van der Waals surface area contributed by atoms with Gasteiger partial charge in [-0.1, -0.05) is 11.6 Å². The average molecular weight is 387 g/mol. The second-order valence-corrected chi connectivity index (χ2v) is 6.14. The highest BCUT2D eigenvalue weighted by Crippen LogP contribution is 2.23. The molecule has 0 radical (unpaired) electrons. The number of carbonyl (C=O) groups excluding carboxylic acids is 1. The number of carbonyl (C=O) groups is 1. The van der Waals surface area contributed by atoms with Gasteiger partial charge < -0.3 is 16.2 Å². The van der Waals surface area contributed by atoms with Crippen LogP contribution in [0.4, 0.5) is 8.78 Å². The number of primary amides is 1. The van der Waals surface area contributed by atoms with E-state index in [1.54, 1.807) is 13.8 Å². The predicted molar refractivity (Wildman–Crippen MR) is 90.7 cm³/mol.